The van der Waals surface area contributed by atoms with Crippen molar-refractivity contribution < 1.29 is 4.79 Å². The van der Waals surface area contributed by atoms with Gasteiger partial charge in [0.05, 0.1) is 11.0 Å². The first-order chi connectivity index (χ1) is 8.61. The molecule has 0 bridgehead atoms. The van der Waals surface area contributed by atoms with Gasteiger partial charge < -0.3 is 20.6 Å². The van der Waals surface area contributed by atoms with Crippen LogP contribution >= 0.6 is 0 Å². The van der Waals surface area contributed by atoms with Gasteiger partial charge in [0.25, 0.3) is 0 Å². The quantitative estimate of drug-likeness (QED) is 0.737. The molecule has 6 heteroatoms. The molecule has 0 aliphatic rings. The van der Waals surface area contributed by atoms with Crippen LogP contribution in [0.4, 0.5) is 5.69 Å². The van der Waals surface area contributed by atoms with Crippen molar-refractivity contribution in [1.29, 1.82) is 0 Å². The van der Waals surface area contributed by atoms with Crippen molar-refractivity contribution in [3.63, 3.8) is 0 Å². The maximum Gasteiger partial charge on any atom is 0.323 e. The highest BCUT2D eigenvalue weighted by molar-refractivity contribution is 5.94. The highest BCUT2D eigenvalue weighted by atomic mass is 16.2. The molecule has 1 aromatic carbocycles. The first-order valence-corrected chi connectivity index (χ1v) is 5.80. The molecule has 0 radical (unpaired) electrons. The molecule has 0 unspecified atom stereocenters. The van der Waals surface area contributed by atoms with E-state index in [1.807, 2.05) is 0 Å². The topological polar surface area (TPSA) is 95.0 Å². The lowest BCUT2D eigenvalue weighted by molar-refractivity contribution is -0.118. The minimum atomic E-state index is -0.251. The van der Waals surface area contributed by atoms with Crippen molar-refractivity contribution in [2.45, 2.75) is 12.8 Å². The smallest absolute Gasteiger partial charge is 0.323 e. The van der Waals surface area contributed by atoms with E-state index in [4.69, 9.17) is 5.73 Å². The Morgan fingerprint density at radius 2 is 2.06 bits per heavy atom. The molecule has 1 aromatic heterocycles. The van der Waals surface area contributed by atoms with Crippen LogP contribution in [-0.4, -0.2) is 29.5 Å². The van der Waals surface area contributed by atoms with Gasteiger partial charge in [-0.1, -0.05) is 0 Å². The number of H-pyrrole nitrogens is 2. The first-order valence-electron chi connectivity index (χ1n) is 5.80. The number of aromatic amines is 2. The number of amides is 1. The van der Waals surface area contributed by atoms with Crippen molar-refractivity contribution in [3.05, 3.63) is 28.7 Å². The van der Waals surface area contributed by atoms with Gasteiger partial charge in [-0.2, -0.15) is 0 Å². The third kappa shape index (κ3) is 2.43. The Morgan fingerprint density at radius 3 is 2.78 bits per heavy atom. The molecule has 4 N–H and O–H groups in total. The Morgan fingerprint density at radius 1 is 1.33 bits per heavy atom. The SMILES string of the molecule is CN(C(=O)CCCN)c1ccc2[nH]c(=O)[nH]c2c1. The third-order valence-electron chi connectivity index (χ3n) is 2.86. The minimum Gasteiger partial charge on any atom is -0.330 e. The predicted molar refractivity (Wildman–Crippen MR) is 70.6 cm³/mol. The van der Waals surface area contributed by atoms with E-state index in [-0.39, 0.29) is 11.6 Å². The number of nitrogens with one attached hydrogen (secondary N) is 2. The zero-order valence-electron chi connectivity index (χ0n) is 10.2. The van der Waals surface area contributed by atoms with Gasteiger partial charge in [-0.05, 0) is 31.2 Å². The van der Waals surface area contributed by atoms with Gasteiger partial charge in [-0.25, -0.2) is 4.79 Å². The summed E-state index contributed by atoms with van der Waals surface area (Å²) >= 11 is 0. The molecule has 1 amide bonds. The maximum absolute atomic E-state index is 11.8. The number of carbonyl (C=O) groups excluding carboxylic acids is 1. The Balaban J connectivity index is 2.24. The summed E-state index contributed by atoms with van der Waals surface area (Å²) in [7, 11) is 1.71. The number of benzene rings is 1. The number of hydrogen-bond acceptors (Lipinski definition) is 3. The molecule has 0 fully saturated rings. The fourth-order valence-electron chi connectivity index (χ4n) is 1.79. The van der Waals surface area contributed by atoms with Crippen LogP contribution in [0.2, 0.25) is 0 Å². The van der Waals surface area contributed by atoms with Gasteiger partial charge in [0.15, 0.2) is 0 Å². The summed E-state index contributed by atoms with van der Waals surface area (Å²) in [5.74, 6) is 0.0117. The highest BCUT2D eigenvalue weighted by Crippen LogP contribution is 2.18. The Labute approximate surface area is 104 Å². The molecule has 1 heterocycles. The van der Waals surface area contributed by atoms with E-state index in [1.54, 1.807) is 30.1 Å². The average molecular weight is 248 g/mol. The number of nitrogens with zero attached hydrogens (tertiary/aromatic N) is 1. The third-order valence-corrected chi connectivity index (χ3v) is 2.86. The second kappa shape index (κ2) is 5.05. The van der Waals surface area contributed by atoms with Crippen LogP contribution < -0.4 is 16.3 Å². The molecule has 18 heavy (non-hydrogen) atoms. The van der Waals surface area contributed by atoms with Crippen LogP contribution in [-0.2, 0) is 4.79 Å². The van der Waals surface area contributed by atoms with Gasteiger partial charge >= 0.3 is 5.69 Å². The molecule has 0 atom stereocenters. The number of anilines is 1. The molecule has 0 spiro atoms. The fourth-order valence-corrected chi connectivity index (χ4v) is 1.79. The van der Waals surface area contributed by atoms with Gasteiger partial charge in [0.1, 0.15) is 0 Å². The van der Waals surface area contributed by atoms with Crippen LogP contribution in [0.5, 0.6) is 0 Å². The van der Waals surface area contributed by atoms with Crippen molar-refractivity contribution in [2.75, 3.05) is 18.5 Å². The summed E-state index contributed by atoms with van der Waals surface area (Å²) in [4.78, 5) is 29.9. The van der Waals surface area contributed by atoms with Crippen molar-refractivity contribution >= 4 is 22.6 Å². The highest BCUT2D eigenvalue weighted by Gasteiger charge is 2.11. The van der Waals surface area contributed by atoms with Gasteiger partial charge in [-0.15, -0.1) is 0 Å². The van der Waals surface area contributed by atoms with E-state index in [2.05, 4.69) is 9.97 Å². The number of rotatable bonds is 4. The van der Waals surface area contributed by atoms with Gasteiger partial charge in [0.2, 0.25) is 5.91 Å². The molecular formula is C12H16N4O2. The maximum atomic E-state index is 11.8. The molecule has 2 aromatic rings. The van der Waals surface area contributed by atoms with Crippen LogP contribution in [0.25, 0.3) is 11.0 Å². The van der Waals surface area contributed by atoms with Crippen LogP contribution in [0.1, 0.15) is 12.8 Å². The summed E-state index contributed by atoms with van der Waals surface area (Å²) in [6.45, 7) is 0.504. The lowest BCUT2D eigenvalue weighted by atomic mass is 10.2. The molecule has 0 aliphatic heterocycles. The van der Waals surface area contributed by atoms with E-state index < -0.39 is 0 Å². The molecule has 96 valence electrons. The normalized spacial score (nSPS) is 10.8. The monoisotopic (exact) mass is 248 g/mol. The van der Waals surface area contributed by atoms with E-state index in [1.165, 1.54) is 0 Å². The Hall–Kier alpha value is -2.08. The van der Waals surface area contributed by atoms with E-state index in [0.29, 0.717) is 24.9 Å². The molecule has 0 aliphatic carbocycles. The summed E-state index contributed by atoms with van der Waals surface area (Å²) in [6.07, 6.45) is 1.10. The summed E-state index contributed by atoms with van der Waals surface area (Å²) < 4.78 is 0. The zero-order chi connectivity index (χ0) is 13.1. The number of hydrogen-bond donors (Lipinski definition) is 3. The van der Waals surface area contributed by atoms with E-state index in [0.717, 1.165) is 11.2 Å². The van der Waals surface area contributed by atoms with Gasteiger partial charge in [0, 0.05) is 19.2 Å². The van der Waals surface area contributed by atoms with Crippen molar-refractivity contribution in [3.8, 4) is 0 Å². The molecule has 2 rings (SSSR count). The summed E-state index contributed by atoms with van der Waals surface area (Å²) in [5.41, 5.74) is 7.30. The number of carbonyl (C=O) groups is 1. The zero-order valence-corrected chi connectivity index (χ0v) is 10.2. The Kier molecular flexibility index (Phi) is 3.47. The van der Waals surface area contributed by atoms with E-state index in [9.17, 15) is 9.59 Å². The number of imidazole rings is 1. The molecule has 6 nitrogen and oxygen atoms in total. The molecular weight excluding hydrogens is 232 g/mol. The lowest BCUT2D eigenvalue weighted by Gasteiger charge is -2.17. The van der Waals surface area contributed by atoms with Crippen molar-refractivity contribution in [2.24, 2.45) is 5.73 Å². The van der Waals surface area contributed by atoms with Gasteiger partial charge in [-0.3, -0.25) is 4.79 Å². The standard InChI is InChI=1S/C12H16N4O2/c1-16(11(17)3-2-6-13)8-4-5-9-10(7-8)15-12(18)14-9/h4-5,7H,2-3,6,13H2,1H3,(H2,14,15,18). The minimum absolute atomic E-state index is 0.0117. The Bertz CT molecular complexity index is 614. The average Bonchev–Trinajstić information content (AvgIpc) is 2.73. The number of nitrogens with two attached hydrogens (primary N) is 1. The molecule has 0 saturated carbocycles. The van der Waals surface area contributed by atoms with Crippen LogP contribution in [0.3, 0.4) is 0 Å². The first kappa shape index (κ1) is 12.4. The van der Waals surface area contributed by atoms with E-state index >= 15 is 0 Å². The number of fused-ring (bicyclic) bond motifs is 1. The largest absolute Gasteiger partial charge is 0.330 e. The van der Waals surface area contributed by atoms with Crippen molar-refractivity contribution in [1.82, 2.24) is 9.97 Å². The predicted octanol–water partition coefficient (Wildman–Crippen LogP) is 0.558. The second-order valence-corrected chi connectivity index (χ2v) is 4.15. The fraction of sp³-hybridized carbons (Fsp3) is 0.333. The summed E-state index contributed by atoms with van der Waals surface area (Å²) in [6, 6.07) is 5.34. The van der Waals surface area contributed by atoms with Crippen LogP contribution in [0.15, 0.2) is 23.0 Å². The number of aromatic nitrogens is 2. The lowest BCUT2D eigenvalue weighted by Crippen LogP contribution is -2.26. The molecule has 0 saturated heterocycles. The summed E-state index contributed by atoms with van der Waals surface area (Å²) in [5, 5.41) is 0. The van der Waals surface area contributed by atoms with Crippen LogP contribution in [0, 0.1) is 0 Å². The second-order valence-electron chi connectivity index (χ2n) is 4.15.